The molecular weight excluding hydrogens is 226 g/mol. The van der Waals surface area contributed by atoms with E-state index in [1.807, 2.05) is 25.1 Å². The summed E-state index contributed by atoms with van der Waals surface area (Å²) in [6.45, 7) is 4.74. The van der Waals surface area contributed by atoms with E-state index in [2.05, 4.69) is 6.92 Å². The Morgan fingerprint density at radius 3 is 2.61 bits per heavy atom. The SMILES string of the molecule is CCCCCCN1C(=O)C(=O)c2cc(C)ccc21. The van der Waals surface area contributed by atoms with Gasteiger partial charge in [-0.25, -0.2) is 0 Å². The first kappa shape index (κ1) is 12.8. The Hall–Kier alpha value is -1.64. The van der Waals surface area contributed by atoms with Crippen LogP contribution < -0.4 is 4.90 Å². The largest absolute Gasteiger partial charge is 0.305 e. The number of nitrogens with zero attached hydrogens (tertiary/aromatic N) is 1. The smallest absolute Gasteiger partial charge is 0.299 e. The fourth-order valence-electron chi connectivity index (χ4n) is 2.33. The van der Waals surface area contributed by atoms with Crippen molar-refractivity contribution in [2.24, 2.45) is 0 Å². The lowest BCUT2D eigenvalue weighted by Crippen LogP contribution is -2.30. The Kier molecular flexibility index (Phi) is 3.80. The summed E-state index contributed by atoms with van der Waals surface area (Å²) >= 11 is 0. The third-order valence-electron chi connectivity index (χ3n) is 3.36. The van der Waals surface area contributed by atoms with E-state index in [4.69, 9.17) is 0 Å². The molecular formula is C15H19NO2. The van der Waals surface area contributed by atoms with Gasteiger partial charge < -0.3 is 4.90 Å². The molecule has 3 heteroatoms. The topological polar surface area (TPSA) is 37.4 Å². The Labute approximate surface area is 108 Å². The standard InChI is InChI=1S/C15H19NO2/c1-3-4-5-6-9-16-13-8-7-11(2)10-12(13)14(17)15(16)18/h7-8,10H,3-6,9H2,1-2H3. The molecule has 0 unspecified atom stereocenters. The molecule has 1 aliphatic rings. The number of aryl methyl sites for hydroxylation is 1. The van der Waals surface area contributed by atoms with Crippen LogP contribution in [-0.2, 0) is 4.79 Å². The van der Waals surface area contributed by atoms with Crippen LogP contribution in [0.2, 0.25) is 0 Å². The van der Waals surface area contributed by atoms with Crippen molar-refractivity contribution in [1.29, 1.82) is 0 Å². The maximum atomic E-state index is 11.9. The predicted octanol–water partition coefficient (Wildman–Crippen LogP) is 3.10. The summed E-state index contributed by atoms with van der Waals surface area (Å²) in [6, 6.07) is 5.64. The number of unbranched alkanes of at least 4 members (excludes halogenated alkanes) is 3. The van der Waals surface area contributed by atoms with Gasteiger partial charge in [-0.3, -0.25) is 9.59 Å². The Morgan fingerprint density at radius 1 is 1.11 bits per heavy atom. The highest BCUT2D eigenvalue weighted by molar-refractivity contribution is 6.52. The molecule has 0 spiro atoms. The summed E-state index contributed by atoms with van der Waals surface area (Å²) in [4.78, 5) is 25.4. The van der Waals surface area contributed by atoms with Crippen LogP contribution in [0.15, 0.2) is 18.2 Å². The van der Waals surface area contributed by atoms with Crippen LogP contribution in [0.25, 0.3) is 0 Å². The molecule has 18 heavy (non-hydrogen) atoms. The lowest BCUT2D eigenvalue weighted by molar-refractivity contribution is -0.114. The Bertz CT molecular complexity index is 479. The monoisotopic (exact) mass is 245 g/mol. The van der Waals surface area contributed by atoms with E-state index < -0.39 is 0 Å². The third-order valence-corrected chi connectivity index (χ3v) is 3.36. The molecule has 1 aliphatic heterocycles. The number of carbonyl (C=O) groups excluding carboxylic acids is 2. The highest BCUT2D eigenvalue weighted by Gasteiger charge is 2.35. The molecule has 1 amide bonds. The second-order valence-corrected chi connectivity index (χ2v) is 4.87. The summed E-state index contributed by atoms with van der Waals surface area (Å²) in [5.41, 5.74) is 2.37. The van der Waals surface area contributed by atoms with Gasteiger partial charge in [-0.1, -0.05) is 37.8 Å². The average molecular weight is 245 g/mol. The average Bonchev–Trinajstić information content (AvgIpc) is 2.59. The van der Waals surface area contributed by atoms with Crippen LogP contribution >= 0.6 is 0 Å². The summed E-state index contributed by atoms with van der Waals surface area (Å²) in [6.07, 6.45) is 4.41. The summed E-state index contributed by atoms with van der Waals surface area (Å²) in [7, 11) is 0. The first-order valence-corrected chi connectivity index (χ1v) is 6.62. The quantitative estimate of drug-likeness (QED) is 0.590. The molecule has 1 heterocycles. The molecule has 0 N–H and O–H groups in total. The van der Waals surface area contributed by atoms with Crippen molar-refractivity contribution in [3.05, 3.63) is 29.3 Å². The van der Waals surface area contributed by atoms with Crippen LogP contribution in [-0.4, -0.2) is 18.2 Å². The molecule has 3 nitrogen and oxygen atoms in total. The number of Topliss-reactive ketones (excluding diaryl/α,β-unsaturated/α-hetero) is 1. The van der Waals surface area contributed by atoms with E-state index in [1.165, 1.54) is 12.8 Å². The molecule has 0 saturated heterocycles. The predicted molar refractivity (Wildman–Crippen MR) is 72.0 cm³/mol. The third kappa shape index (κ3) is 2.30. The van der Waals surface area contributed by atoms with Gasteiger partial charge in [-0.05, 0) is 25.5 Å². The van der Waals surface area contributed by atoms with Gasteiger partial charge in [0.1, 0.15) is 0 Å². The first-order valence-electron chi connectivity index (χ1n) is 6.62. The lowest BCUT2D eigenvalue weighted by Gasteiger charge is -2.16. The van der Waals surface area contributed by atoms with E-state index >= 15 is 0 Å². The minimum Gasteiger partial charge on any atom is -0.305 e. The van der Waals surface area contributed by atoms with Crippen molar-refractivity contribution in [1.82, 2.24) is 0 Å². The maximum absolute atomic E-state index is 11.9. The number of fused-ring (bicyclic) bond motifs is 1. The second kappa shape index (κ2) is 5.34. The highest BCUT2D eigenvalue weighted by atomic mass is 16.2. The molecule has 0 aliphatic carbocycles. The van der Waals surface area contributed by atoms with Gasteiger partial charge in [-0.2, -0.15) is 0 Å². The molecule has 0 atom stereocenters. The van der Waals surface area contributed by atoms with Gasteiger partial charge in [-0.15, -0.1) is 0 Å². The van der Waals surface area contributed by atoms with Crippen LogP contribution in [0.5, 0.6) is 0 Å². The van der Waals surface area contributed by atoms with Gasteiger partial charge in [0.15, 0.2) is 0 Å². The molecule has 0 saturated carbocycles. The van der Waals surface area contributed by atoms with Crippen molar-refractivity contribution < 1.29 is 9.59 Å². The molecule has 0 aromatic heterocycles. The van der Waals surface area contributed by atoms with Crippen molar-refractivity contribution in [3.63, 3.8) is 0 Å². The minimum absolute atomic E-state index is 0.357. The zero-order valence-electron chi connectivity index (χ0n) is 11.0. The van der Waals surface area contributed by atoms with Crippen LogP contribution in [0.4, 0.5) is 5.69 Å². The molecule has 1 aromatic rings. The van der Waals surface area contributed by atoms with Gasteiger partial charge in [0.25, 0.3) is 11.7 Å². The maximum Gasteiger partial charge on any atom is 0.299 e. The highest BCUT2D eigenvalue weighted by Crippen LogP contribution is 2.29. The van der Waals surface area contributed by atoms with Crippen LogP contribution in [0, 0.1) is 6.92 Å². The van der Waals surface area contributed by atoms with Crippen LogP contribution in [0.3, 0.4) is 0 Å². The molecule has 0 bridgehead atoms. The van der Waals surface area contributed by atoms with Crippen molar-refractivity contribution in [3.8, 4) is 0 Å². The molecule has 2 rings (SSSR count). The number of hydrogen-bond donors (Lipinski definition) is 0. The van der Waals surface area contributed by atoms with Crippen molar-refractivity contribution >= 4 is 17.4 Å². The number of carbonyl (C=O) groups is 2. The zero-order valence-corrected chi connectivity index (χ0v) is 11.0. The number of ketones is 1. The number of rotatable bonds is 5. The summed E-state index contributed by atoms with van der Waals surface area (Å²) in [5.74, 6) is -0.726. The summed E-state index contributed by atoms with van der Waals surface area (Å²) in [5, 5.41) is 0. The van der Waals surface area contributed by atoms with E-state index in [9.17, 15) is 9.59 Å². The van der Waals surface area contributed by atoms with Gasteiger partial charge in [0, 0.05) is 6.54 Å². The second-order valence-electron chi connectivity index (χ2n) is 4.87. The number of anilines is 1. The van der Waals surface area contributed by atoms with Gasteiger partial charge in [0.2, 0.25) is 0 Å². The van der Waals surface area contributed by atoms with E-state index in [1.54, 1.807) is 4.90 Å². The lowest BCUT2D eigenvalue weighted by atomic mass is 10.1. The summed E-state index contributed by atoms with van der Waals surface area (Å²) < 4.78 is 0. The van der Waals surface area contributed by atoms with E-state index in [0.29, 0.717) is 12.1 Å². The fraction of sp³-hybridized carbons (Fsp3) is 0.467. The number of benzene rings is 1. The fourth-order valence-corrected chi connectivity index (χ4v) is 2.33. The van der Waals surface area contributed by atoms with E-state index in [-0.39, 0.29) is 11.7 Å². The molecule has 0 fully saturated rings. The van der Waals surface area contributed by atoms with Crippen LogP contribution in [0.1, 0.15) is 48.5 Å². The number of amides is 1. The molecule has 0 radical (unpaired) electrons. The van der Waals surface area contributed by atoms with Crippen molar-refractivity contribution in [2.75, 3.05) is 11.4 Å². The molecule has 96 valence electrons. The normalized spacial score (nSPS) is 14.2. The van der Waals surface area contributed by atoms with Crippen molar-refractivity contribution in [2.45, 2.75) is 39.5 Å². The number of hydrogen-bond acceptors (Lipinski definition) is 2. The van der Waals surface area contributed by atoms with Gasteiger partial charge >= 0.3 is 0 Å². The zero-order chi connectivity index (χ0) is 13.1. The molecule has 1 aromatic carbocycles. The Balaban J connectivity index is 2.13. The minimum atomic E-state index is -0.368. The van der Waals surface area contributed by atoms with E-state index in [0.717, 1.165) is 24.1 Å². The first-order chi connectivity index (χ1) is 8.65. The Morgan fingerprint density at radius 2 is 1.89 bits per heavy atom. The van der Waals surface area contributed by atoms with Gasteiger partial charge in [0.05, 0.1) is 11.3 Å².